The fourth-order valence-corrected chi connectivity index (χ4v) is 2.78. The normalized spacial score (nSPS) is 12.5. The van der Waals surface area contributed by atoms with Gasteiger partial charge in [-0.05, 0) is 56.2 Å². The van der Waals surface area contributed by atoms with Crippen molar-refractivity contribution in [3.8, 4) is 17.2 Å². The van der Waals surface area contributed by atoms with Gasteiger partial charge in [-0.3, -0.25) is 0 Å². The highest BCUT2D eigenvalue weighted by molar-refractivity contribution is 5.79. The van der Waals surface area contributed by atoms with E-state index in [1.807, 2.05) is 51.2 Å². The fraction of sp³-hybridized carbons (Fsp3) is 0.263. The van der Waals surface area contributed by atoms with Crippen LogP contribution < -0.4 is 4.74 Å². The van der Waals surface area contributed by atoms with E-state index in [2.05, 4.69) is 33.5 Å². The third-order valence-corrected chi connectivity index (χ3v) is 4.50. The molecule has 0 aliphatic rings. The number of aromatic nitrogens is 5. The first-order valence-electron chi connectivity index (χ1n) is 8.39. The van der Waals surface area contributed by atoms with Crippen molar-refractivity contribution < 1.29 is 9.15 Å². The summed E-state index contributed by atoms with van der Waals surface area (Å²) < 4.78 is 13.6. The van der Waals surface area contributed by atoms with Gasteiger partial charge in [0.15, 0.2) is 6.10 Å². The van der Waals surface area contributed by atoms with Gasteiger partial charge in [-0.2, -0.15) is 0 Å². The van der Waals surface area contributed by atoms with Gasteiger partial charge in [-0.15, -0.1) is 15.3 Å². The minimum Gasteiger partial charge on any atom is -0.481 e. The van der Waals surface area contributed by atoms with Gasteiger partial charge in [0.05, 0.1) is 5.52 Å². The van der Waals surface area contributed by atoms with Crippen LogP contribution in [0.1, 0.15) is 30.0 Å². The summed E-state index contributed by atoms with van der Waals surface area (Å²) in [7, 11) is 1.85. The highest BCUT2D eigenvalue weighted by atomic mass is 16.5. The number of hydrogen-bond donors (Lipinski definition) is 0. The number of hydrogen-bond acceptors (Lipinski definition) is 6. The standard InChI is InChI=1S/C19H19N5O2/c1-11-6-5-7-17(12(11)2)25-13(3)18-21-22-19(26-18)14-8-9-16-15(10-14)20-23-24(16)4/h5-10,13H,1-4H3/t13-/m0/s1. The van der Waals surface area contributed by atoms with Crippen molar-refractivity contribution in [2.75, 3.05) is 0 Å². The van der Waals surface area contributed by atoms with Crippen molar-refractivity contribution in [2.45, 2.75) is 26.9 Å². The molecule has 26 heavy (non-hydrogen) atoms. The molecule has 132 valence electrons. The van der Waals surface area contributed by atoms with Crippen LogP contribution in [0.15, 0.2) is 40.8 Å². The average Bonchev–Trinajstić information content (AvgIpc) is 3.26. The molecule has 0 saturated heterocycles. The first-order valence-corrected chi connectivity index (χ1v) is 8.39. The molecule has 0 amide bonds. The molecule has 7 nitrogen and oxygen atoms in total. The summed E-state index contributed by atoms with van der Waals surface area (Å²) in [6, 6.07) is 11.7. The maximum atomic E-state index is 6.01. The maximum Gasteiger partial charge on any atom is 0.257 e. The van der Waals surface area contributed by atoms with Crippen LogP contribution in [0.4, 0.5) is 0 Å². The highest BCUT2D eigenvalue weighted by Gasteiger charge is 2.18. The molecule has 1 atom stereocenters. The summed E-state index contributed by atoms with van der Waals surface area (Å²) in [4.78, 5) is 0. The van der Waals surface area contributed by atoms with Gasteiger partial charge >= 0.3 is 0 Å². The van der Waals surface area contributed by atoms with Gasteiger partial charge < -0.3 is 9.15 Å². The molecular formula is C19H19N5O2. The van der Waals surface area contributed by atoms with E-state index in [4.69, 9.17) is 9.15 Å². The van der Waals surface area contributed by atoms with E-state index >= 15 is 0 Å². The average molecular weight is 349 g/mol. The largest absolute Gasteiger partial charge is 0.481 e. The van der Waals surface area contributed by atoms with E-state index in [9.17, 15) is 0 Å². The number of nitrogens with zero attached hydrogens (tertiary/aromatic N) is 5. The lowest BCUT2D eigenvalue weighted by Crippen LogP contribution is -2.05. The third-order valence-electron chi connectivity index (χ3n) is 4.50. The lowest BCUT2D eigenvalue weighted by molar-refractivity contribution is 0.188. The SMILES string of the molecule is Cc1cccc(O[C@@H](C)c2nnc(-c3ccc4c(c3)nnn4C)o2)c1C. The number of aryl methyl sites for hydroxylation is 2. The van der Waals surface area contributed by atoms with Gasteiger partial charge in [-0.1, -0.05) is 17.3 Å². The Kier molecular flexibility index (Phi) is 3.91. The Labute approximate surface area is 150 Å². The first kappa shape index (κ1) is 16.3. The first-order chi connectivity index (χ1) is 12.5. The summed E-state index contributed by atoms with van der Waals surface area (Å²) in [5.41, 5.74) is 4.81. The lowest BCUT2D eigenvalue weighted by atomic mass is 10.1. The van der Waals surface area contributed by atoms with Gasteiger partial charge in [0, 0.05) is 12.6 Å². The Hall–Kier alpha value is -3.22. The number of rotatable bonds is 4. The van der Waals surface area contributed by atoms with Crippen molar-refractivity contribution in [3.63, 3.8) is 0 Å². The Morgan fingerprint density at radius 2 is 1.92 bits per heavy atom. The van der Waals surface area contributed by atoms with Crippen LogP contribution in [0.5, 0.6) is 5.75 Å². The summed E-state index contributed by atoms with van der Waals surface area (Å²) in [5, 5.41) is 16.4. The summed E-state index contributed by atoms with van der Waals surface area (Å²) in [5.74, 6) is 1.68. The Balaban J connectivity index is 1.59. The molecule has 2 heterocycles. The smallest absolute Gasteiger partial charge is 0.257 e. The van der Waals surface area contributed by atoms with Crippen LogP contribution in [0.3, 0.4) is 0 Å². The zero-order valence-electron chi connectivity index (χ0n) is 15.1. The van der Waals surface area contributed by atoms with Crippen LogP contribution in [0.25, 0.3) is 22.5 Å². The molecule has 0 radical (unpaired) electrons. The van der Waals surface area contributed by atoms with E-state index in [-0.39, 0.29) is 6.10 Å². The van der Waals surface area contributed by atoms with Crippen molar-refractivity contribution in [1.82, 2.24) is 25.2 Å². The molecular weight excluding hydrogens is 330 g/mol. The molecule has 4 rings (SSSR count). The molecule has 0 spiro atoms. The van der Waals surface area contributed by atoms with Crippen molar-refractivity contribution in [2.24, 2.45) is 7.05 Å². The molecule has 4 aromatic rings. The quantitative estimate of drug-likeness (QED) is 0.558. The predicted molar refractivity (Wildman–Crippen MR) is 96.8 cm³/mol. The van der Waals surface area contributed by atoms with Crippen molar-refractivity contribution in [1.29, 1.82) is 0 Å². The van der Waals surface area contributed by atoms with E-state index in [0.717, 1.165) is 27.9 Å². The summed E-state index contributed by atoms with van der Waals surface area (Å²) in [6.45, 7) is 5.98. The lowest BCUT2D eigenvalue weighted by Gasteiger charge is -2.14. The van der Waals surface area contributed by atoms with Crippen molar-refractivity contribution >= 4 is 11.0 Å². The van der Waals surface area contributed by atoms with Gasteiger partial charge in [0.1, 0.15) is 11.3 Å². The molecule has 2 aromatic carbocycles. The summed E-state index contributed by atoms with van der Waals surface area (Å²) >= 11 is 0. The van der Waals surface area contributed by atoms with E-state index in [1.54, 1.807) is 4.68 Å². The van der Waals surface area contributed by atoms with Crippen LogP contribution in [-0.2, 0) is 7.05 Å². The third kappa shape index (κ3) is 2.81. The van der Waals surface area contributed by atoms with Gasteiger partial charge in [-0.25, -0.2) is 4.68 Å². The Morgan fingerprint density at radius 1 is 1.08 bits per heavy atom. The summed E-state index contributed by atoms with van der Waals surface area (Å²) in [6.07, 6.45) is -0.350. The molecule has 0 unspecified atom stereocenters. The topological polar surface area (TPSA) is 78.9 Å². The van der Waals surface area contributed by atoms with Gasteiger partial charge in [0.2, 0.25) is 5.89 Å². The molecule has 2 aromatic heterocycles. The molecule has 0 fully saturated rings. The molecule has 0 aliphatic heterocycles. The molecule has 0 aliphatic carbocycles. The highest BCUT2D eigenvalue weighted by Crippen LogP contribution is 2.28. The number of benzene rings is 2. The van der Waals surface area contributed by atoms with E-state index in [0.29, 0.717) is 11.8 Å². The predicted octanol–water partition coefficient (Wildman–Crippen LogP) is 3.78. The number of ether oxygens (including phenoxy) is 1. The Morgan fingerprint density at radius 3 is 2.77 bits per heavy atom. The van der Waals surface area contributed by atoms with E-state index in [1.165, 1.54) is 5.56 Å². The molecule has 0 N–H and O–H groups in total. The van der Waals surface area contributed by atoms with Crippen LogP contribution in [0.2, 0.25) is 0 Å². The van der Waals surface area contributed by atoms with Crippen molar-refractivity contribution in [3.05, 3.63) is 53.4 Å². The second-order valence-electron chi connectivity index (χ2n) is 6.32. The molecule has 0 saturated carbocycles. The zero-order valence-corrected chi connectivity index (χ0v) is 15.1. The zero-order chi connectivity index (χ0) is 18.3. The fourth-order valence-electron chi connectivity index (χ4n) is 2.78. The maximum absolute atomic E-state index is 6.01. The molecule has 0 bridgehead atoms. The van der Waals surface area contributed by atoms with Crippen LogP contribution in [0, 0.1) is 13.8 Å². The Bertz CT molecular complexity index is 1080. The second kappa shape index (κ2) is 6.25. The van der Waals surface area contributed by atoms with E-state index < -0.39 is 0 Å². The second-order valence-corrected chi connectivity index (χ2v) is 6.32. The van der Waals surface area contributed by atoms with Gasteiger partial charge in [0.25, 0.3) is 5.89 Å². The minimum atomic E-state index is -0.350. The monoisotopic (exact) mass is 349 g/mol. The van der Waals surface area contributed by atoms with Crippen LogP contribution >= 0.6 is 0 Å². The van der Waals surface area contributed by atoms with Crippen LogP contribution in [-0.4, -0.2) is 25.2 Å². The molecule has 7 heteroatoms. The number of fused-ring (bicyclic) bond motifs is 1. The minimum absolute atomic E-state index is 0.350.